The monoisotopic (exact) mass is 291 g/mol. The van der Waals surface area contributed by atoms with Gasteiger partial charge in [0.25, 0.3) is 0 Å². The lowest BCUT2D eigenvalue weighted by molar-refractivity contribution is 0.932. The summed E-state index contributed by atoms with van der Waals surface area (Å²) in [6.45, 7) is 2.03. The van der Waals surface area contributed by atoms with Gasteiger partial charge in [0.1, 0.15) is 11.5 Å². The molecule has 1 aliphatic heterocycles. The van der Waals surface area contributed by atoms with E-state index < -0.39 is 0 Å². The Morgan fingerprint density at radius 2 is 1.91 bits per heavy atom. The van der Waals surface area contributed by atoms with Gasteiger partial charge < -0.3 is 10.6 Å². The van der Waals surface area contributed by atoms with Crippen molar-refractivity contribution >= 4 is 22.5 Å². The number of aromatic nitrogens is 3. The van der Waals surface area contributed by atoms with E-state index in [0.717, 1.165) is 41.1 Å². The minimum absolute atomic E-state index is 0.466. The first-order valence-corrected chi connectivity index (χ1v) is 7.54. The third-order valence-corrected chi connectivity index (χ3v) is 4.05. The molecule has 0 bridgehead atoms. The molecule has 0 amide bonds. The predicted octanol–water partition coefficient (Wildman–Crippen LogP) is 2.87. The molecule has 1 aliphatic rings. The van der Waals surface area contributed by atoms with Gasteiger partial charge in [0.2, 0.25) is 0 Å². The Morgan fingerprint density at radius 1 is 1.05 bits per heavy atom. The van der Waals surface area contributed by atoms with E-state index in [2.05, 4.69) is 38.1 Å². The smallest absolute Gasteiger partial charge is 0.157 e. The van der Waals surface area contributed by atoms with Crippen LogP contribution in [0.3, 0.4) is 0 Å². The highest BCUT2D eigenvalue weighted by molar-refractivity contribution is 5.86. The number of anilines is 2. The summed E-state index contributed by atoms with van der Waals surface area (Å²) in [4.78, 5) is 15.7. The normalized spacial score (nSPS) is 14.6. The van der Waals surface area contributed by atoms with E-state index in [4.69, 9.17) is 5.73 Å². The number of rotatable bonds is 2. The maximum Gasteiger partial charge on any atom is 0.157 e. The van der Waals surface area contributed by atoms with Crippen molar-refractivity contribution in [2.24, 2.45) is 0 Å². The SMILES string of the molecule is Nc1cnc(-c2ccc3ncccc3c2)c(N2CCCC2)n1. The number of nitrogens with zero attached hydrogens (tertiary/aromatic N) is 4. The van der Waals surface area contributed by atoms with Gasteiger partial charge in [0.05, 0.1) is 11.7 Å². The number of pyridine rings is 1. The van der Waals surface area contributed by atoms with Gasteiger partial charge in [0.15, 0.2) is 5.82 Å². The van der Waals surface area contributed by atoms with E-state index in [-0.39, 0.29) is 0 Å². The van der Waals surface area contributed by atoms with Gasteiger partial charge in [-0.05, 0) is 31.0 Å². The molecule has 0 unspecified atom stereocenters. The summed E-state index contributed by atoms with van der Waals surface area (Å²) < 4.78 is 0. The highest BCUT2D eigenvalue weighted by Crippen LogP contribution is 2.31. The van der Waals surface area contributed by atoms with Gasteiger partial charge in [-0.15, -0.1) is 0 Å². The molecular weight excluding hydrogens is 274 g/mol. The molecule has 3 aromatic rings. The fourth-order valence-electron chi connectivity index (χ4n) is 2.97. The number of fused-ring (bicyclic) bond motifs is 1. The molecule has 0 atom stereocenters. The lowest BCUT2D eigenvalue weighted by atomic mass is 10.1. The Kier molecular flexibility index (Phi) is 3.11. The van der Waals surface area contributed by atoms with Crippen LogP contribution in [0.5, 0.6) is 0 Å². The van der Waals surface area contributed by atoms with Crippen molar-refractivity contribution in [3.63, 3.8) is 0 Å². The molecule has 0 spiro atoms. The molecule has 2 N–H and O–H groups in total. The molecule has 1 saturated heterocycles. The van der Waals surface area contributed by atoms with E-state index in [9.17, 15) is 0 Å². The van der Waals surface area contributed by atoms with Crippen LogP contribution >= 0.6 is 0 Å². The first kappa shape index (κ1) is 13.0. The van der Waals surface area contributed by atoms with Gasteiger partial charge in [-0.25, -0.2) is 9.97 Å². The molecule has 0 aliphatic carbocycles. The summed E-state index contributed by atoms with van der Waals surface area (Å²) in [5.41, 5.74) is 8.78. The van der Waals surface area contributed by atoms with Crippen molar-refractivity contribution in [2.45, 2.75) is 12.8 Å². The molecular formula is C17H17N5. The molecule has 0 radical (unpaired) electrons. The molecule has 5 nitrogen and oxygen atoms in total. The van der Waals surface area contributed by atoms with Gasteiger partial charge in [-0.1, -0.05) is 12.1 Å². The van der Waals surface area contributed by atoms with Crippen molar-refractivity contribution in [3.8, 4) is 11.3 Å². The Morgan fingerprint density at radius 3 is 2.77 bits per heavy atom. The van der Waals surface area contributed by atoms with Crippen LogP contribution in [0.15, 0.2) is 42.7 Å². The number of hydrogen-bond donors (Lipinski definition) is 1. The minimum Gasteiger partial charge on any atom is -0.382 e. The standard InChI is InChI=1S/C17H17N5/c18-15-11-20-16(17(21-15)22-8-1-2-9-22)13-5-6-14-12(10-13)4-3-7-19-14/h3-7,10-11H,1-2,8-9H2,(H2,18,21). The zero-order valence-corrected chi connectivity index (χ0v) is 12.2. The maximum absolute atomic E-state index is 5.85. The van der Waals surface area contributed by atoms with E-state index in [1.165, 1.54) is 12.8 Å². The number of hydrogen-bond acceptors (Lipinski definition) is 5. The minimum atomic E-state index is 0.466. The zero-order chi connectivity index (χ0) is 14.9. The Hall–Kier alpha value is -2.69. The van der Waals surface area contributed by atoms with Crippen molar-refractivity contribution in [2.75, 3.05) is 23.7 Å². The molecule has 22 heavy (non-hydrogen) atoms. The van der Waals surface area contributed by atoms with Crippen LogP contribution in [0.4, 0.5) is 11.6 Å². The third-order valence-electron chi connectivity index (χ3n) is 4.05. The van der Waals surface area contributed by atoms with Gasteiger partial charge >= 0.3 is 0 Å². The Labute approximate surface area is 128 Å². The van der Waals surface area contributed by atoms with Gasteiger partial charge in [0, 0.05) is 30.2 Å². The highest BCUT2D eigenvalue weighted by Gasteiger charge is 2.19. The lowest BCUT2D eigenvalue weighted by Crippen LogP contribution is -2.21. The van der Waals surface area contributed by atoms with Gasteiger partial charge in [-0.3, -0.25) is 4.98 Å². The lowest BCUT2D eigenvalue weighted by Gasteiger charge is -2.19. The topological polar surface area (TPSA) is 67.9 Å². The van der Waals surface area contributed by atoms with Crippen molar-refractivity contribution in [3.05, 3.63) is 42.7 Å². The van der Waals surface area contributed by atoms with Crippen LogP contribution in [0.2, 0.25) is 0 Å². The molecule has 1 aromatic carbocycles. The van der Waals surface area contributed by atoms with Crippen LogP contribution in [-0.4, -0.2) is 28.0 Å². The summed E-state index contributed by atoms with van der Waals surface area (Å²) >= 11 is 0. The fraction of sp³-hybridized carbons (Fsp3) is 0.235. The van der Waals surface area contributed by atoms with Crippen LogP contribution < -0.4 is 10.6 Å². The molecule has 3 heterocycles. The Bertz CT molecular complexity index is 824. The summed E-state index contributed by atoms with van der Waals surface area (Å²) in [6.07, 6.45) is 5.82. The van der Waals surface area contributed by atoms with Crippen molar-refractivity contribution in [1.82, 2.24) is 15.0 Å². The summed E-state index contributed by atoms with van der Waals surface area (Å²) in [7, 11) is 0. The average Bonchev–Trinajstić information content (AvgIpc) is 3.09. The predicted molar refractivity (Wildman–Crippen MR) is 88.6 cm³/mol. The number of nitrogen functional groups attached to an aromatic ring is 1. The summed E-state index contributed by atoms with van der Waals surface area (Å²) in [5, 5.41) is 1.10. The van der Waals surface area contributed by atoms with Crippen LogP contribution in [-0.2, 0) is 0 Å². The van der Waals surface area contributed by atoms with Crippen molar-refractivity contribution < 1.29 is 0 Å². The van der Waals surface area contributed by atoms with E-state index in [1.54, 1.807) is 12.4 Å². The second-order valence-electron chi connectivity index (χ2n) is 5.57. The first-order valence-electron chi connectivity index (χ1n) is 7.54. The highest BCUT2D eigenvalue weighted by atomic mass is 15.2. The molecule has 1 fully saturated rings. The average molecular weight is 291 g/mol. The quantitative estimate of drug-likeness (QED) is 0.786. The van der Waals surface area contributed by atoms with Crippen LogP contribution in [0.25, 0.3) is 22.2 Å². The van der Waals surface area contributed by atoms with E-state index in [1.807, 2.05) is 12.1 Å². The molecule has 4 rings (SSSR count). The molecule has 5 heteroatoms. The largest absolute Gasteiger partial charge is 0.382 e. The van der Waals surface area contributed by atoms with Crippen LogP contribution in [0.1, 0.15) is 12.8 Å². The third kappa shape index (κ3) is 2.24. The summed E-state index contributed by atoms with van der Waals surface area (Å²) in [6, 6.07) is 10.2. The molecule has 0 saturated carbocycles. The van der Waals surface area contributed by atoms with E-state index in [0.29, 0.717) is 5.82 Å². The van der Waals surface area contributed by atoms with Gasteiger partial charge in [-0.2, -0.15) is 0 Å². The van der Waals surface area contributed by atoms with Crippen LogP contribution in [0, 0.1) is 0 Å². The van der Waals surface area contributed by atoms with Crippen molar-refractivity contribution in [1.29, 1.82) is 0 Å². The number of nitrogens with two attached hydrogens (primary N) is 1. The fourth-order valence-corrected chi connectivity index (χ4v) is 2.97. The molecule has 110 valence electrons. The summed E-state index contributed by atoms with van der Waals surface area (Å²) in [5.74, 6) is 1.36. The first-order chi connectivity index (χ1) is 10.8. The second kappa shape index (κ2) is 5.26. The second-order valence-corrected chi connectivity index (χ2v) is 5.57. The molecule has 2 aromatic heterocycles. The Balaban J connectivity index is 1.86. The zero-order valence-electron chi connectivity index (χ0n) is 12.2. The van der Waals surface area contributed by atoms with E-state index >= 15 is 0 Å². The number of benzene rings is 1. The maximum atomic E-state index is 5.85.